The third-order valence-electron chi connectivity index (χ3n) is 4.59. The third kappa shape index (κ3) is 3.21. The fourth-order valence-corrected chi connectivity index (χ4v) is 3.43. The van der Waals surface area contributed by atoms with Crippen LogP contribution in [-0.2, 0) is 4.79 Å². The normalized spacial score (nSPS) is 15.7. The summed E-state index contributed by atoms with van der Waals surface area (Å²) < 4.78 is 5.71. The minimum Gasteiger partial charge on any atom is -0.494 e. The van der Waals surface area contributed by atoms with Crippen molar-refractivity contribution in [2.24, 2.45) is 0 Å². The van der Waals surface area contributed by atoms with Crippen LogP contribution in [0.5, 0.6) is 5.75 Å². The first-order valence-electron chi connectivity index (χ1n) is 8.88. The lowest BCUT2D eigenvalue weighted by atomic mass is 9.86. The molecule has 0 saturated carbocycles. The van der Waals surface area contributed by atoms with E-state index in [-0.39, 0.29) is 17.9 Å². The van der Waals surface area contributed by atoms with Gasteiger partial charge in [0.1, 0.15) is 17.4 Å². The second kappa shape index (κ2) is 7.07. The number of para-hydroxylation sites is 1. The zero-order valence-corrected chi connectivity index (χ0v) is 14.9. The van der Waals surface area contributed by atoms with Gasteiger partial charge in [0.2, 0.25) is 5.91 Å². The van der Waals surface area contributed by atoms with Gasteiger partial charge in [0.15, 0.2) is 0 Å². The van der Waals surface area contributed by atoms with Crippen molar-refractivity contribution in [3.05, 3.63) is 76.1 Å². The van der Waals surface area contributed by atoms with Crippen LogP contribution < -0.4 is 15.6 Å². The van der Waals surface area contributed by atoms with E-state index < -0.39 is 5.92 Å². The monoisotopic (exact) mass is 361 g/mol. The number of benzene rings is 2. The van der Waals surface area contributed by atoms with Crippen molar-refractivity contribution in [1.29, 1.82) is 0 Å². The van der Waals surface area contributed by atoms with E-state index in [0.717, 1.165) is 11.1 Å². The van der Waals surface area contributed by atoms with Crippen molar-refractivity contribution >= 4 is 11.7 Å². The number of aromatic nitrogens is 2. The highest BCUT2D eigenvalue weighted by molar-refractivity contribution is 5.94. The molecule has 6 heteroatoms. The minimum atomic E-state index is -0.405. The van der Waals surface area contributed by atoms with E-state index in [1.54, 1.807) is 0 Å². The number of rotatable bonds is 4. The largest absolute Gasteiger partial charge is 0.494 e. The van der Waals surface area contributed by atoms with E-state index >= 15 is 0 Å². The molecular weight excluding hydrogens is 342 g/mol. The highest BCUT2D eigenvalue weighted by Gasteiger charge is 2.32. The molecule has 27 heavy (non-hydrogen) atoms. The number of hydrogen-bond donors (Lipinski definition) is 2. The highest BCUT2D eigenvalue weighted by Crippen LogP contribution is 2.38. The molecule has 1 atom stereocenters. The molecule has 1 aromatic heterocycles. The Morgan fingerprint density at radius 1 is 1.07 bits per heavy atom. The molecule has 1 aliphatic heterocycles. The van der Waals surface area contributed by atoms with Crippen LogP contribution in [-0.4, -0.2) is 22.5 Å². The summed E-state index contributed by atoms with van der Waals surface area (Å²) in [5.74, 6) is 0.842. The van der Waals surface area contributed by atoms with Crippen LogP contribution in [0.15, 0.2) is 59.4 Å². The summed E-state index contributed by atoms with van der Waals surface area (Å²) in [6.07, 6.45) is 0.173. The fraction of sp³-hybridized carbons (Fsp3) is 0.190. The number of anilines is 1. The first kappa shape index (κ1) is 17.0. The number of carbonyl (C=O) groups is 1. The smallest absolute Gasteiger partial charge is 0.257 e. The first-order valence-corrected chi connectivity index (χ1v) is 8.88. The number of aromatic amines is 1. The molecule has 2 N–H and O–H groups in total. The van der Waals surface area contributed by atoms with E-state index in [1.165, 1.54) is 0 Å². The lowest BCUT2D eigenvalue weighted by Gasteiger charge is -2.26. The number of fused-ring (bicyclic) bond motifs is 1. The Hall–Kier alpha value is -3.41. The Morgan fingerprint density at radius 2 is 1.81 bits per heavy atom. The molecular formula is C21H19N3O3. The third-order valence-corrected chi connectivity index (χ3v) is 4.59. The maximum Gasteiger partial charge on any atom is 0.257 e. The standard InChI is InChI=1S/C21H19N3O3/c1-2-27-16-11-7-6-10-14(16)15-12-17(25)22-20-18(15)21(26)24-19(23-20)13-8-4-3-5-9-13/h3-11,15H,2,12H2,1H3,(H2,22,23,24,25,26)/t15-/m1/s1. The molecule has 1 aliphatic rings. The second-order valence-corrected chi connectivity index (χ2v) is 6.32. The molecule has 1 amide bonds. The van der Waals surface area contributed by atoms with Crippen LogP contribution in [0.25, 0.3) is 11.4 Å². The topological polar surface area (TPSA) is 84.1 Å². The first-order chi connectivity index (χ1) is 13.2. The van der Waals surface area contributed by atoms with E-state index in [1.807, 2.05) is 61.5 Å². The SMILES string of the molecule is CCOc1ccccc1[C@H]1CC(=O)Nc2nc(-c3ccccc3)[nH]c(=O)c21. The number of nitrogens with zero attached hydrogens (tertiary/aromatic N) is 1. The molecule has 2 heterocycles. The molecule has 6 nitrogen and oxygen atoms in total. The number of H-pyrrole nitrogens is 1. The summed E-state index contributed by atoms with van der Waals surface area (Å²) in [7, 11) is 0. The summed E-state index contributed by atoms with van der Waals surface area (Å²) in [6, 6.07) is 16.8. The van der Waals surface area contributed by atoms with Crippen LogP contribution in [0.3, 0.4) is 0 Å². The van der Waals surface area contributed by atoms with Gasteiger partial charge in [-0.3, -0.25) is 9.59 Å². The van der Waals surface area contributed by atoms with Crippen molar-refractivity contribution in [3.8, 4) is 17.1 Å². The Labute approximate surface area is 156 Å². The van der Waals surface area contributed by atoms with Crippen LogP contribution in [0.1, 0.15) is 30.4 Å². The Morgan fingerprint density at radius 3 is 2.59 bits per heavy atom. The number of ether oxygens (including phenoxy) is 1. The predicted molar refractivity (Wildman–Crippen MR) is 103 cm³/mol. The number of amides is 1. The number of nitrogens with one attached hydrogen (secondary N) is 2. The minimum absolute atomic E-state index is 0.170. The Kier molecular flexibility index (Phi) is 4.46. The van der Waals surface area contributed by atoms with E-state index in [0.29, 0.717) is 29.6 Å². The van der Waals surface area contributed by atoms with E-state index in [2.05, 4.69) is 15.3 Å². The van der Waals surface area contributed by atoms with Crippen LogP contribution in [0.2, 0.25) is 0 Å². The quantitative estimate of drug-likeness (QED) is 0.747. The van der Waals surface area contributed by atoms with Crippen LogP contribution in [0, 0.1) is 0 Å². The van der Waals surface area contributed by atoms with Gasteiger partial charge in [-0.25, -0.2) is 4.98 Å². The van der Waals surface area contributed by atoms with Crippen LogP contribution >= 0.6 is 0 Å². The summed E-state index contributed by atoms with van der Waals surface area (Å²) in [5.41, 5.74) is 1.80. The fourth-order valence-electron chi connectivity index (χ4n) is 3.43. The van der Waals surface area contributed by atoms with Crippen LogP contribution in [0.4, 0.5) is 5.82 Å². The molecule has 2 aromatic carbocycles. The molecule has 0 spiro atoms. The van der Waals surface area contributed by atoms with Crippen molar-refractivity contribution in [2.75, 3.05) is 11.9 Å². The van der Waals surface area contributed by atoms with Crippen molar-refractivity contribution in [3.63, 3.8) is 0 Å². The summed E-state index contributed by atoms with van der Waals surface area (Å²) in [6.45, 7) is 2.41. The van der Waals surface area contributed by atoms with Gasteiger partial charge in [-0.15, -0.1) is 0 Å². The zero-order chi connectivity index (χ0) is 18.8. The zero-order valence-electron chi connectivity index (χ0n) is 14.9. The average molecular weight is 361 g/mol. The van der Waals surface area contributed by atoms with E-state index in [4.69, 9.17) is 4.74 Å². The van der Waals surface area contributed by atoms with Crippen molar-refractivity contribution in [1.82, 2.24) is 9.97 Å². The Bertz CT molecular complexity index is 1040. The highest BCUT2D eigenvalue weighted by atomic mass is 16.5. The van der Waals surface area contributed by atoms with E-state index in [9.17, 15) is 9.59 Å². The number of carbonyl (C=O) groups excluding carboxylic acids is 1. The summed E-state index contributed by atoms with van der Waals surface area (Å²) in [4.78, 5) is 32.6. The summed E-state index contributed by atoms with van der Waals surface area (Å²) >= 11 is 0. The van der Waals surface area contributed by atoms with Gasteiger partial charge in [-0.2, -0.15) is 0 Å². The van der Waals surface area contributed by atoms with Gasteiger partial charge >= 0.3 is 0 Å². The lowest BCUT2D eigenvalue weighted by Crippen LogP contribution is -2.31. The van der Waals surface area contributed by atoms with Crippen molar-refractivity contribution < 1.29 is 9.53 Å². The molecule has 3 aromatic rings. The molecule has 0 unspecified atom stereocenters. The molecule has 4 rings (SSSR count). The maximum atomic E-state index is 12.9. The van der Waals surface area contributed by atoms with Crippen molar-refractivity contribution in [2.45, 2.75) is 19.3 Å². The number of hydrogen-bond acceptors (Lipinski definition) is 4. The molecule has 0 fully saturated rings. The molecule has 0 aliphatic carbocycles. The summed E-state index contributed by atoms with van der Waals surface area (Å²) in [5, 5.41) is 2.75. The molecule has 0 radical (unpaired) electrons. The average Bonchev–Trinajstić information content (AvgIpc) is 2.68. The van der Waals surface area contributed by atoms with Gasteiger partial charge in [-0.1, -0.05) is 48.5 Å². The Balaban J connectivity index is 1.86. The van der Waals surface area contributed by atoms with Gasteiger partial charge in [0.05, 0.1) is 12.2 Å². The maximum absolute atomic E-state index is 12.9. The van der Waals surface area contributed by atoms with Gasteiger partial charge in [-0.05, 0) is 13.0 Å². The van der Waals surface area contributed by atoms with Gasteiger partial charge in [0.25, 0.3) is 5.56 Å². The van der Waals surface area contributed by atoms with Gasteiger partial charge < -0.3 is 15.0 Å². The molecule has 0 saturated heterocycles. The molecule has 136 valence electrons. The second-order valence-electron chi connectivity index (χ2n) is 6.32. The van der Waals surface area contributed by atoms with Gasteiger partial charge in [0, 0.05) is 23.5 Å². The lowest BCUT2D eigenvalue weighted by molar-refractivity contribution is -0.116. The predicted octanol–water partition coefficient (Wildman–Crippen LogP) is 3.31. The molecule has 0 bridgehead atoms.